The highest BCUT2D eigenvalue weighted by molar-refractivity contribution is 6.08. The molecule has 0 aliphatic rings. The van der Waals surface area contributed by atoms with E-state index in [1.807, 2.05) is 0 Å². The van der Waals surface area contributed by atoms with Gasteiger partial charge >= 0.3 is 0 Å². The molecular weight excluding hydrogens is 312 g/mol. The lowest BCUT2D eigenvalue weighted by Crippen LogP contribution is -2.50. The highest BCUT2D eigenvalue weighted by atomic mass is 16.4. The van der Waals surface area contributed by atoms with E-state index in [-0.39, 0.29) is 22.9 Å². The summed E-state index contributed by atoms with van der Waals surface area (Å²) in [5.41, 5.74) is 0.390. The second-order valence-corrected chi connectivity index (χ2v) is 5.49. The Labute approximate surface area is 138 Å². The highest BCUT2D eigenvalue weighted by Crippen LogP contribution is 2.17. The number of aliphatic carboxylic acids is 1. The molecule has 1 aromatic carbocycles. The monoisotopic (exact) mass is 329 g/mol. The van der Waals surface area contributed by atoms with Crippen LogP contribution >= 0.6 is 0 Å². The smallest absolute Gasteiger partial charge is 0.291 e. The summed E-state index contributed by atoms with van der Waals surface area (Å²) in [5.74, 6) is -2.74. The van der Waals surface area contributed by atoms with E-state index in [1.165, 1.54) is 18.4 Å². The summed E-state index contributed by atoms with van der Waals surface area (Å²) in [7, 11) is 0. The minimum atomic E-state index is -1.37. The van der Waals surface area contributed by atoms with Gasteiger partial charge in [-0.15, -0.1) is 0 Å². The Hall–Kier alpha value is -3.09. The van der Waals surface area contributed by atoms with Crippen molar-refractivity contribution in [3.05, 3.63) is 54.0 Å². The fraction of sp³-hybridized carbons (Fsp3) is 0.235. The lowest BCUT2D eigenvalue weighted by molar-refractivity contribution is -0.309. The van der Waals surface area contributed by atoms with Gasteiger partial charge in [0, 0.05) is 0 Å². The van der Waals surface area contributed by atoms with E-state index in [0.717, 1.165) is 0 Å². The number of furan rings is 1. The van der Waals surface area contributed by atoms with Crippen LogP contribution in [0.15, 0.2) is 47.1 Å². The van der Waals surface area contributed by atoms with Gasteiger partial charge in [-0.2, -0.15) is 0 Å². The van der Waals surface area contributed by atoms with E-state index in [0.29, 0.717) is 0 Å². The highest BCUT2D eigenvalue weighted by Gasteiger charge is 2.21. The van der Waals surface area contributed by atoms with Crippen molar-refractivity contribution in [2.45, 2.75) is 19.9 Å². The maximum absolute atomic E-state index is 12.4. The molecule has 0 saturated carbocycles. The van der Waals surface area contributed by atoms with Crippen molar-refractivity contribution in [3.8, 4) is 0 Å². The molecule has 2 aromatic rings. The van der Waals surface area contributed by atoms with E-state index < -0.39 is 23.8 Å². The largest absolute Gasteiger partial charge is 0.548 e. The molecule has 24 heavy (non-hydrogen) atoms. The number of hydrogen-bond acceptors (Lipinski definition) is 5. The van der Waals surface area contributed by atoms with Crippen LogP contribution in [-0.4, -0.2) is 23.8 Å². The quantitative estimate of drug-likeness (QED) is 0.822. The summed E-state index contributed by atoms with van der Waals surface area (Å²) in [6.45, 7) is 3.32. The number of anilines is 1. The predicted molar refractivity (Wildman–Crippen MR) is 84.2 cm³/mol. The Bertz CT molecular complexity index is 737. The Kier molecular flexibility index (Phi) is 5.36. The first-order valence-electron chi connectivity index (χ1n) is 7.35. The van der Waals surface area contributed by atoms with Crippen LogP contribution in [0, 0.1) is 5.92 Å². The molecule has 1 atom stereocenters. The molecule has 1 heterocycles. The number of hydrogen-bond donors (Lipinski definition) is 2. The van der Waals surface area contributed by atoms with Crippen LogP contribution in [0.3, 0.4) is 0 Å². The van der Waals surface area contributed by atoms with Gasteiger partial charge < -0.3 is 25.0 Å². The molecule has 126 valence electrons. The molecule has 0 radical (unpaired) electrons. The van der Waals surface area contributed by atoms with E-state index in [2.05, 4.69) is 10.6 Å². The minimum absolute atomic E-state index is 0.0972. The molecule has 0 bridgehead atoms. The molecule has 2 rings (SSSR count). The molecule has 0 saturated heterocycles. The molecular formula is C17H17N2O5-. The molecule has 2 N–H and O–H groups in total. The van der Waals surface area contributed by atoms with Gasteiger partial charge in [0.25, 0.3) is 11.8 Å². The van der Waals surface area contributed by atoms with Gasteiger partial charge in [0.1, 0.15) is 0 Å². The summed E-state index contributed by atoms with van der Waals surface area (Å²) >= 11 is 0. The molecule has 7 nitrogen and oxygen atoms in total. The van der Waals surface area contributed by atoms with E-state index >= 15 is 0 Å². The first kappa shape index (κ1) is 17.3. The number of amides is 2. The van der Waals surface area contributed by atoms with Crippen LogP contribution in [0.1, 0.15) is 34.8 Å². The first-order chi connectivity index (χ1) is 11.4. The van der Waals surface area contributed by atoms with Gasteiger partial charge in [-0.05, 0) is 30.2 Å². The number of carboxylic acid groups (broad SMARTS) is 1. The number of carboxylic acids is 1. The molecule has 0 spiro atoms. The Morgan fingerprint density at radius 2 is 1.75 bits per heavy atom. The standard InChI is InChI=1S/C17H18N2O5/c1-10(2)14(17(22)23)19-15(20)11-6-3-4-7-12(11)18-16(21)13-8-5-9-24-13/h3-10,14H,1-2H3,(H,18,21)(H,19,20)(H,22,23)/p-1. The Morgan fingerprint density at radius 3 is 2.33 bits per heavy atom. The Balaban J connectivity index is 2.20. The van der Waals surface area contributed by atoms with Crippen LogP contribution in [0.25, 0.3) is 0 Å². The zero-order chi connectivity index (χ0) is 17.7. The molecule has 0 fully saturated rings. The van der Waals surface area contributed by atoms with Crippen LogP contribution in [0.4, 0.5) is 5.69 Å². The van der Waals surface area contributed by atoms with Crippen LogP contribution in [0.5, 0.6) is 0 Å². The number of carbonyl (C=O) groups is 3. The van der Waals surface area contributed by atoms with Crippen molar-refractivity contribution in [1.82, 2.24) is 5.32 Å². The van der Waals surface area contributed by atoms with Gasteiger partial charge in [0.05, 0.1) is 29.5 Å². The average Bonchev–Trinajstić information content (AvgIpc) is 3.06. The van der Waals surface area contributed by atoms with Crippen molar-refractivity contribution in [1.29, 1.82) is 0 Å². The van der Waals surface area contributed by atoms with E-state index in [1.54, 1.807) is 38.1 Å². The van der Waals surface area contributed by atoms with Gasteiger partial charge in [0.2, 0.25) is 0 Å². The zero-order valence-electron chi connectivity index (χ0n) is 13.2. The maximum atomic E-state index is 12.4. The molecule has 2 amide bonds. The van der Waals surface area contributed by atoms with E-state index in [9.17, 15) is 19.5 Å². The molecule has 7 heteroatoms. The zero-order valence-corrected chi connectivity index (χ0v) is 13.2. The number of para-hydroxylation sites is 1. The van der Waals surface area contributed by atoms with Gasteiger partial charge in [-0.1, -0.05) is 26.0 Å². The molecule has 0 aliphatic carbocycles. The fourth-order valence-corrected chi connectivity index (χ4v) is 2.10. The van der Waals surface area contributed by atoms with Crippen LogP contribution < -0.4 is 15.7 Å². The van der Waals surface area contributed by atoms with Crippen LogP contribution in [0.2, 0.25) is 0 Å². The van der Waals surface area contributed by atoms with E-state index in [4.69, 9.17) is 4.42 Å². The summed E-state index contributed by atoms with van der Waals surface area (Å²) in [4.78, 5) is 35.5. The van der Waals surface area contributed by atoms with Gasteiger partial charge in [0.15, 0.2) is 5.76 Å². The van der Waals surface area contributed by atoms with Crippen molar-refractivity contribution in [2.24, 2.45) is 5.92 Å². The molecule has 0 aliphatic heterocycles. The molecule has 1 unspecified atom stereocenters. The number of carbonyl (C=O) groups excluding carboxylic acids is 3. The number of benzene rings is 1. The van der Waals surface area contributed by atoms with Gasteiger partial charge in [-0.25, -0.2) is 0 Å². The third kappa shape index (κ3) is 4.01. The van der Waals surface area contributed by atoms with Gasteiger partial charge in [-0.3, -0.25) is 9.59 Å². The summed E-state index contributed by atoms with van der Waals surface area (Å²) in [6.07, 6.45) is 1.36. The average molecular weight is 329 g/mol. The lowest BCUT2D eigenvalue weighted by atomic mass is 10.0. The summed E-state index contributed by atoms with van der Waals surface area (Å²) in [6, 6.07) is 8.21. The first-order valence-corrected chi connectivity index (χ1v) is 7.35. The van der Waals surface area contributed by atoms with Crippen molar-refractivity contribution in [3.63, 3.8) is 0 Å². The third-order valence-electron chi connectivity index (χ3n) is 3.37. The lowest BCUT2D eigenvalue weighted by Gasteiger charge is -2.23. The number of nitrogens with one attached hydrogen (secondary N) is 2. The summed E-state index contributed by atoms with van der Waals surface area (Å²) in [5, 5.41) is 16.1. The fourth-order valence-electron chi connectivity index (χ4n) is 2.10. The molecule has 1 aromatic heterocycles. The summed E-state index contributed by atoms with van der Waals surface area (Å²) < 4.78 is 5.00. The maximum Gasteiger partial charge on any atom is 0.291 e. The van der Waals surface area contributed by atoms with Crippen molar-refractivity contribution < 1.29 is 23.9 Å². The second-order valence-electron chi connectivity index (χ2n) is 5.49. The van der Waals surface area contributed by atoms with Crippen molar-refractivity contribution in [2.75, 3.05) is 5.32 Å². The topological polar surface area (TPSA) is 111 Å². The van der Waals surface area contributed by atoms with Crippen LogP contribution in [-0.2, 0) is 4.79 Å². The second kappa shape index (κ2) is 7.45. The number of rotatable bonds is 6. The third-order valence-corrected chi connectivity index (χ3v) is 3.37. The SMILES string of the molecule is CC(C)C(NC(=O)c1ccccc1NC(=O)c1ccco1)C(=O)[O-]. The Morgan fingerprint density at radius 1 is 1.04 bits per heavy atom. The van der Waals surface area contributed by atoms with Crippen molar-refractivity contribution >= 4 is 23.5 Å². The normalized spacial score (nSPS) is 11.8. The minimum Gasteiger partial charge on any atom is -0.548 e. The predicted octanol–water partition coefficient (Wildman–Crippen LogP) is 1.04.